The van der Waals surface area contributed by atoms with Crippen LogP contribution in [0.25, 0.3) is 0 Å². The Morgan fingerprint density at radius 3 is 1.11 bits per heavy atom. The maximum absolute atomic E-state index is 13.0. The van der Waals surface area contributed by atoms with Crippen LogP contribution >= 0.6 is 7.82 Å². The molecule has 0 aliphatic heterocycles. The summed E-state index contributed by atoms with van der Waals surface area (Å²) >= 11 is 0. The molecule has 9 atom stereocenters. The number of carbonyl (C=O) groups is 1. The van der Waals surface area contributed by atoms with Gasteiger partial charge < -0.3 is 40.8 Å². The Balaban J connectivity index is 2.33. The van der Waals surface area contributed by atoms with Crippen LogP contribution in [-0.4, -0.2) is 96.8 Å². The standard InChI is InChI=1S/C49H98NO11P/c1-3-5-7-9-11-13-15-17-18-19-20-21-22-23-24-25-26-27-29-31-33-35-37-39-43(52)50-41(42(51)38-36-34-32-30-28-16-14-12-10-8-6-4-2)40-60-62(58,59)61-49-47(56)45(54)44(53)46(55)48(49)57/h41-42,44-49,51,53-57H,3-40H2,1-2H3,(H,50,52)(H,58,59)/t41-,42+,44?,45+,46?,47?,48?,49?/m0/s1. The van der Waals surface area contributed by atoms with E-state index in [1.165, 1.54) is 173 Å². The molecule has 0 radical (unpaired) electrons. The third-order valence-electron chi connectivity index (χ3n) is 12.9. The first kappa shape index (κ1) is 59.4. The number of hydrogen-bond donors (Lipinski definition) is 8. The van der Waals surface area contributed by atoms with Crippen LogP contribution in [-0.2, 0) is 18.4 Å². The van der Waals surface area contributed by atoms with Gasteiger partial charge in [0.1, 0.15) is 36.6 Å². The molecule has 0 bridgehead atoms. The summed E-state index contributed by atoms with van der Waals surface area (Å²) in [5.41, 5.74) is 0. The number of aliphatic hydroxyl groups excluding tert-OH is 6. The van der Waals surface area contributed by atoms with Crippen LogP contribution in [0.2, 0.25) is 0 Å². The van der Waals surface area contributed by atoms with Crippen molar-refractivity contribution >= 4 is 13.7 Å². The minimum Gasteiger partial charge on any atom is -0.391 e. The Morgan fingerprint density at radius 1 is 0.484 bits per heavy atom. The molecular weight excluding hydrogens is 810 g/mol. The smallest absolute Gasteiger partial charge is 0.391 e. The maximum atomic E-state index is 13.0. The van der Waals surface area contributed by atoms with Gasteiger partial charge in [-0.15, -0.1) is 0 Å². The van der Waals surface area contributed by atoms with Gasteiger partial charge in [0.2, 0.25) is 5.91 Å². The molecule has 0 heterocycles. The molecule has 370 valence electrons. The highest BCUT2D eigenvalue weighted by Crippen LogP contribution is 2.47. The molecule has 1 rings (SSSR count). The molecule has 1 amide bonds. The first-order valence-electron chi connectivity index (χ1n) is 26.0. The topological polar surface area (TPSA) is 206 Å². The summed E-state index contributed by atoms with van der Waals surface area (Å²) in [5.74, 6) is -0.303. The van der Waals surface area contributed by atoms with Crippen LogP contribution in [0.3, 0.4) is 0 Å². The lowest BCUT2D eigenvalue weighted by Gasteiger charge is -2.41. The zero-order valence-electron chi connectivity index (χ0n) is 39.7. The number of unbranched alkanes of at least 4 members (excludes halogenated alkanes) is 33. The number of carbonyl (C=O) groups excluding carboxylic acids is 1. The Hall–Kier alpha value is -0.660. The fourth-order valence-corrected chi connectivity index (χ4v) is 9.64. The van der Waals surface area contributed by atoms with E-state index < -0.39 is 63.2 Å². The SMILES string of the molecule is CCCCCCCCCCCCCCCCCCCCCCCCCC(=O)N[C@@H](COP(=O)(O)OC1C(O)C(O)C(O)[C@@H](O)C1O)[C@H](O)CCCCCCCCCCCCCC. The van der Waals surface area contributed by atoms with Crippen molar-refractivity contribution in [2.75, 3.05) is 6.61 Å². The second kappa shape index (κ2) is 39.5. The number of hydrogen-bond acceptors (Lipinski definition) is 10. The van der Waals surface area contributed by atoms with Crippen molar-refractivity contribution in [2.24, 2.45) is 0 Å². The molecular formula is C49H98NO11P. The lowest BCUT2D eigenvalue weighted by Crippen LogP contribution is -2.64. The van der Waals surface area contributed by atoms with Gasteiger partial charge in [0.05, 0.1) is 18.8 Å². The molecule has 1 fully saturated rings. The van der Waals surface area contributed by atoms with Crippen molar-refractivity contribution in [1.29, 1.82) is 0 Å². The molecule has 12 nitrogen and oxygen atoms in total. The Labute approximate surface area is 378 Å². The predicted octanol–water partition coefficient (Wildman–Crippen LogP) is 10.6. The number of phosphoric acid groups is 1. The van der Waals surface area contributed by atoms with Crippen molar-refractivity contribution in [3.8, 4) is 0 Å². The quantitative estimate of drug-likeness (QED) is 0.0213. The first-order chi connectivity index (χ1) is 29.9. The predicted molar refractivity (Wildman–Crippen MR) is 251 cm³/mol. The lowest BCUT2D eigenvalue weighted by molar-refractivity contribution is -0.220. The van der Waals surface area contributed by atoms with Crippen LogP contribution in [0.1, 0.15) is 251 Å². The van der Waals surface area contributed by atoms with Gasteiger partial charge in [-0.25, -0.2) is 4.57 Å². The summed E-state index contributed by atoms with van der Waals surface area (Å²) in [6.45, 7) is 3.91. The molecule has 8 N–H and O–H groups in total. The average molecular weight is 908 g/mol. The van der Waals surface area contributed by atoms with E-state index in [4.69, 9.17) is 9.05 Å². The van der Waals surface area contributed by atoms with Crippen molar-refractivity contribution in [2.45, 2.75) is 300 Å². The largest absolute Gasteiger partial charge is 0.472 e. The highest BCUT2D eigenvalue weighted by Gasteiger charge is 2.51. The van der Waals surface area contributed by atoms with Gasteiger partial charge >= 0.3 is 7.82 Å². The van der Waals surface area contributed by atoms with Gasteiger partial charge in [-0.2, -0.15) is 0 Å². The molecule has 13 heteroatoms. The zero-order chi connectivity index (χ0) is 45.7. The third kappa shape index (κ3) is 30.5. The lowest BCUT2D eigenvalue weighted by atomic mass is 9.85. The van der Waals surface area contributed by atoms with Crippen LogP contribution in [0.15, 0.2) is 0 Å². The molecule has 6 unspecified atom stereocenters. The number of aliphatic hydroxyl groups is 6. The van der Waals surface area contributed by atoms with E-state index in [1.54, 1.807) is 0 Å². The monoisotopic (exact) mass is 908 g/mol. The summed E-state index contributed by atoms with van der Waals surface area (Å²) in [5, 5.41) is 64.2. The zero-order valence-corrected chi connectivity index (χ0v) is 40.6. The molecule has 1 aliphatic rings. The number of rotatable bonds is 44. The van der Waals surface area contributed by atoms with Gasteiger partial charge in [-0.3, -0.25) is 13.8 Å². The van der Waals surface area contributed by atoms with E-state index in [1.807, 2.05) is 0 Å². The van der Waals surface area contributed by atoms with E-state index in [0.717, 1.165) is 38.5 Å². The van der Waals surface area contributed by atoms with Gasteiger partial charge in [-0.05, 0) is 12.8 Å². The second-order valence-corrected chi connectivity index (χ2v) is 20.1. The average Bonchev–Trinajstić information content (AvgIpc) is 3.25. The maximum Gasteiger partial charge on any atom is 0.472 e. The molecule has 1 saturated carbocycles. The highest BCUT2D eigenvalue weighted by atomic mass is 31.2. The third-order valence-corrected chi connectivity index (χ3v) is 13.9. The second-order valence-electron chi connectivity index (χ2n) is 18.7. The summed E-state index contributed by atoms with van der Waals surface area (Å²) < 4.78 is 23.0. The summed E-state index contributed by atoms with van der Waals surface area (Å²) in [6.07, 6.45) is 31.4. The molecule has 1 aliphatic carbocycles. The van der Waals surface area contributed by atoms with Gasteiger partial charge in [0.25, 0.3) is 0 Å². The first-order valence-corrected chi connectivity index (χ1v) is 27.5. The fraction of sp³-hybridized carbons (Fsp3) is 0.980. The number of amides is 1. The van der Waals surface area contributed by atoms with Crippen LogP contribution in [0.4, 0.5) is 0 Å². The molecule has 62 heavy (non-hydrogen) atoms. The molecule has 0 spiro atoms. The number of phosphoric ester groups is 1. The van der Waals surface area contributed by atoms with E-state index in [2.05, 4.69) is 19.2 Å². The van der Waals surface area contributed by atoms with Crippen LogP contribution in [0, 0.1) is 0 Å². The van der Waals surface area contributed by atoms with E-state index in [9.17, 15) is 44.9 Å². The van der Waals surface area contributed by atoms with Crippen molar-refractivity contribution in [3.63, 3.8) is 0 Å². The molecule has 0 aromatic rings. The molecule has 0 saturated heterocycles. The van der Waals surface area contributed by atoms with Crippen LogP contribution < -0.4 is 5.32 Å². The van der Waals surface area contributed by atoms with Gasteiger partial charge in [0.15, 0.2) is 0 Å². The van der Waals surface area contributed by atoms with Crippen molar-refractivity contribution < 1.29 is 53.9 Å². The Bertz CT molecular complexity index is 1060. The minimum absolute atomic E-state index is 0.243. The summed E-state index contributed by atoms with van der Waals surface area (Å²) in [6, 6.07) is -1.02. The normalized spacial score (nSPS) is 22.4. The summed E-state index contributed by atoms with van der Waals surface area (Å²) in [7, 11) is -5.05. The van der Waals surface area contributed by atoms with Gasteiger partial charge in [0, 0.05) is 6.42 Å². The van der Waals surface area contributed by atoms with Gasteiger partial charge in [-0.1, -0.05) is 232 Å². The van der Waals surface area contributed by atoms with Crippen LogP contribution in [0.5, 0.6) is 0 Å². The van der Waals surface area contributed by atoms with E-state index in [0.29, 0.717) is 19.3 Å². The Kier molecular flexibility index (Phi) is 37.8. The van der Waals surface area contributed by atoms with Crippen molar-refractivity contribution in [1.82, 2.24) is 5.32 Å². The fourth-order valence-electron chi connectivity index (χ4n) is 8.67. The number of nitrogens with one attached hydrogen (secondary N) is 1. The highest BCUT2D eigenvalue weighted by molar-refractivity contribution is 7.47. The van der Waals surface area contributed by atoms with E-state index in [-0.39, 0.29) is 12.3 Å². The molecule has 0 aromatic heterocycles. The van der Waals surface area contributed by atoms with Crippen molar-refractivity contribution in [3.05, 3.63) is 0 Å². The Morgan fingerprint density at radius 2 is 0.774 bits per heavy atom. The summed E-state index contributed by atoms with van der Waals surface area (Å²) in [4.78, 5) is 23.5. The molecule has 0 aromatic carbocycles. The minimum atomic E-state index is -5.05. The van der Waals surface area contributed by atoms with E-state index >= 15 is 0 Å².